The van der Waals surface area contributed by atoms with Gasteiger partial charge in [-0.25, -0.2) is 4.68 Å². The molecule has 3 N–H and O–H groups in total. The van der Waals surface area contributed by atoms with E-state index in [2.05, 4.69) is 10.4 Å². The monoisotopic (exact) mass is 403 g/mol. The SMILES string of the molecule is Cc1cc2n(n1)CCCN2C(=O)CCC(=O)Nc1ccc(-c2cccc(N)c2)cc1. The third-order valence-corrected chi connectivity index (χ3v) is 5.16. The summed E-state index contributed by atoms with van der Waals surface area (Å²) in [6.07, 6.45) is 1.17. The highest BCUT2D eigenvalue weighted by Gasteiger charge is 2.24. The average Bonchev–Trinajstić information content (AvgIpc) is 3.12. The van der Waals surface area contributed by atoms with Crippen LogP contribution in [-0.4, -0.2) is 28.1 Å². The van der Waals surface area contributed by atoms with Crippen LogP contribution in [0.4, 0.5) is 17.2 Å². The van der Waals surface area contributed by atoms with Crippen LogP contribution in [-0.2, 0) is 16.1 Å². The average molecular weight is 403 g/mol. The summed E-state index contributed by atoms with van der Waals surface area (Å²) in [4.78, 5) is 26.7. The van der Waals surface area contributed by atoms with Gasteiger partial charge in [0.1, 0.15) is 5.82 Å². The lowest BCUT2D eigenvalue weighted by Crippen LogP contribution is -2.37. The number of nitrogen functional groups attached to an aromatic ring is 1. The van der Waals surface area contributed by atoms with E-state index in [0.717, 1.165) is 35.6 Å². The van der Waals surface area contributed by atoms with Crippen LogP contribution in [0.2, 0.25) is 0 Å². The Kier molecular flexibility index (Phi) is 5.52. The van der Waals surface area contributed by atoms with Crippen molar-refractivity contribution in [3.8, 4) is 11.1 Å². The lowest BCUT2D eigenvalue weighted by molar-refractivity contribution is -0.122. The van der Waals surface area contributed by atoms with Crippen molar-refractivity contribution in [1.82, 2.24) is 9.78 Å². The normalized spacial score (nSPS) is 13.0. The van der Waals surface area contributed by atoms with E-state index in [1.807, 2.05) is 66.2 Å². The highest BCUT2D eigenvalue weighted by Crippen LogP contribution is 2.24. The maximum atomic E-state index is 12.7. The van der Waals surface area contributed by atoms with Gasteiger partial charge in [0, 0.05) is 43.4 Å². The molecular weight excluding hydrogens is 378 g/mol. The first-order valence-electron chi connectivity index (χ1n) is 10.1. The van der Waals surface area contributed by atoms with Gasteiger partial charge in [0.25, 0.3) is 0 Å². The summed E-state index contributed by atoms with van der Waals surface area (Å²) in [7, 11) is 0. The summed E-state index contributed by atoms with van der Waals surface area (Å²) in [5, 5.41) is 7.27. The third kappa shape index (κ3) is 4.35. The van der Waals surface area contributed by atoms with Gasteiger partial charge in [-0.3, -0.25) is 14.5 Å². The van der Waals surface area contributed by atoms with Crippen LogP contribution in [0.1, 0.15) is 25.0 Å². The van der Waals surface area contributed by atoms with Gasteiger partial charge in [0.15, 0.2) is 0 Å². The lowest BCUT2D eigenvalue weighted by atomic mass is 10.0. The number of aryl methyl sites for hydroxylation is 2. The maximum absolute atomic E-state index is 12.7. The second-order valence-electron chi connectivity index (χ2n) is 7.52. The molecular formula is C23H25N5O2. The van der Waals surface area contributed by atoms with E-state index >= 15 is 0 Å². The van der Waals surface area contributed by atoms with Crippen LogP contribution >= 0.6 is 0 Å². The first-order valence-corrected chi connectivity index (χ1v) is 10.1. The zero-order valence-corrected chi connectivity index (χ0v) is 17.0. The molecule has 7 heteroatoms. The third-order valence-electron chi connectivity index (χ3n) is 5.16. The summed E-state index contributed by atoms with van der Waals surface area (Å²) < 4.78 is 1.86. The van der Waals surface area contributed by atoms with E-state index in [9.17, 15) is 9.59 Å². The number of anilines is 3. The Morgan fingerprint density at radius 2 is 1.83 bits per heavy atom. The molecule has 0 unspecified atom stereocenters. The smallest absolute Gasteiger partial charge is 0.228 e. The lowest BCUT2D eigenvalue weighted by Gasteiger charge is -2.27. The van der Waals surface area contributed by atoms with E-state index in [1.165, 1.54) is 0 Å². The number of nitrogens with two attached hydrogens (primary N) is 1. The molecule has 3 aromatic rings. The van der Waals surface area contributed by atoms with Crippen LogP contribution in [0.15, 0.2) is 54.6 Å². The molecule has 0 fully saturated rings. The van der Waals surface area contributed by atoms with E-state index in [1.54, 1.807) is 4.90 Å². The van der Waals surface area contributed by atoms with Crippen LogP contribution < -0.4 is 16.0 Å². The quantitative estimate of drug-likeness (QED) is 0.637. The van der Waals surface area contributed by atoms with Gasteiger partial charge in [-0.05, 0) is 48.7 Å². The van der Waals surface area contributed by atoms with Crippen LogP contribution in [0.5, 0.6) is 0 Å². The second-order valence-corrected chi connectivity index (χ2v) is 7.52. The van der Waals surface area contributed by atoms with Crippen LogP contribution in [0, 0.1) is 6.92 Å². The van der Waals surface area contributed by atoms with E-state index in [4.69, 9.17) is 5.73 Å². The highest BCUT2D eigenvalue weighted by molar-refractivity contribution is 5.98. The molecule has 2 aromatic carbocycles. The van der Waals surface area contributed by atoms with Gasteiger partial charge in [-0.1, -0.05) is 24.3 Å². The molecule has 0 saturated carbocycles. The molecule has 7 nitrogen and oxygen atoms in total. The Morgan fingerprint density at radius 1 is 1.03 bits per heavy atom. The van der Waals surface area contributed by atoms with Crippen molar-refractivity contribution in [2.45, 2.75) is 32.7 Å². The molecule has 2 amide bonds. The Morgan fingerprint density at radius 3 is 2.60 bits per heavy atom. The van der Waals surface area contributed by atoms with Crippen molar-refractivity contribution in [2.24, 2.45) is 0 Å². The van der Waals surface area contributed by atoms with E-state index in [-0.39, 0.29) is 24.7 Å². The minimum Gasteiger partial charge on any atom is -0.399 e. The molecule has 0 aliphatic carbocycles. The van der Waals surface area contributed by atoms with Gasteiger partial charge in [0.05, 0.1) is 5.69 Å². The summed E-state index contributed by atoms with van der Waals surface area (Å²) in [6.45, 7) is 3.40. The molecule has 0 radical (unpaired) electrons. The molecule has 2 heterocycles. The number of hydrogen-bond donors (Lipinski definition) is 2. The molecule has 0 spiro atoms. The van der Waals surface area contributed by atoms with Crippen molar-refractivity contribution in [1.29, 1.82) is 0 Å². The molecule has 1 aliphatic heterocycles. The first kappa shape index (κ1) is 19.7. The van der Waals surface area contributed by atoms with Gasteiger partial charge in [-0.2, -0.15) is 5.10 Å². The maximum Gasteiger partial charge on any atom is 0.228 e. The largest absolute Gasteiger partial charge is 0.399 e. The Bertz CT molecular complexity index is 1070. The highest BCUT2D eigenvalue weighted by atomic mass is 16.2. The first-order chi connectivity index (χ1) is 14.5. The van der Waals surface area contributed by atoms with Crippen molar-refractivity contribution in [2.75, 3.05) is 22.5 Å². The summed E-state index contributed by atoms with van der Waals surface area (Å²) in [6, 6.07) is 17.1. The number of fused-ring (bicyclic) bond motifs is 1. The van der Waals surface area contributed by atoms with Crippen molar-refractivity contribution in [3.63, 3.8) is 0 Å². The number of rotatable bonds is 5. The van der Waals surface area contributed by atoms with Crippen LogP contribution in [0.25, 0.3) is 11.1 Å². The second kappa shape index (κ2) is 8.41. The fraction of sp³-hybridized carbons (Fsp3) is 0.261. The molecule has 0 atom stereocenters. The fourth-order valence-corrected chi connectivity index (χ4v) is 3.70. The summed E-state index contributed by atoms with van der Waals surface area (Å²) in [5.74, 6) is 0.589. The number of amides is 2. The number of carbonyl (C=O) groups is 2. The van der Waals surface area contributed by atoms with Crippen molar-refractivity contribution in [3.05, 3.63) is 60.3 Å². The zero-order chi connectivity index (χ0) is 21.1. The number of hydrogen-bond acceptors (Lipinski definition) is 4. The van der Waals surface area contributed by atoms with Crippen LogP contribution in [0.3, 0.4) is 0 Å². The number of nitrogens with zero attached hydrogens (tertiary/aromatic N) is 3. The number of aromatic nitrogens is 2. The molecule has 154 valence electrons. The predicted octanol–water partition coefficient (Wildman–Crippen LogP) is 3.60. The molecule has 1 aliphatic rings. The minimum absolute atomic E-state index is 0.0528. The zero-order valence-electron chi connectivity index (χ0n) is 17.0. The number of benzene rings is 2. The van der Waals surface area contributed by atoms with Gasteiger partial charge >= 0.3 is 0 Å². The Balaban J connectivity index is 1.32. The predicted molar refractivity (Wildman–Crippen MR) is 118 cm³/mol. The summed E-state index contributed by atoms with van der Waals surface area (Å²) in [5.41, 5.74) is 10.2. The number of carbonyl (C=O) groups excluding carboxylic acids is 2. The Hall–Kier alpha value is -3.61. The molecule has 30 heavy (non-hydrogen) atoms. The van der Waals surface area contributed by atoms with E-state index in [0.29, 0.717) is 17.9 Å². The van der Waals surface area contributed by atoms with Gasteiger partial charge in [0.2, 0.25) is 11.8 Å². The molecule has 0 saturated heterocycles. The number of nitrogens with one attached hydrogen (secondary N) is 1. The summed E-state index contributed by atoms with van der Waals surface area (Å²) >= 11 is 0. The standard InChI is InChI=1S/C23H25N5O2/c1-16-14-22-27(12-3-13-28(22)26-16)23(30)11-10-21(29)25-20-8-6-17(7-9-20)18-4-2-5-19(24)15-18/h2,4-9,14-15H,3,10-13,24H2,1H3,(H,25,29). The van der Waals surface area contributed by atoms with Gasteiger partial charge < -0.3 is 11.1 Å². The molecule has 4 rings (SSSR count). The van der Waals surface area contributed by atoms with Crippen molar-refractivity contribution < 1.29 is 9.59 Å². The van der Waals surface area contributed by atoms with Gasteiger partial charge in [-0.15, -0.1) is 0 Å². The van der Waals surface area contributed by atoms with Crippen molar-refractivity contribution >= 4 is 29.0 Å². The Labute approximate surface area is 175 Å². The minimum atomic E-state index is -0.179. The molecule has 1 aromatic heterocycles. The topological polar surface area (TPSA) is 93.2 Å². The van der Waals surface area contributed by atoms with E-state index < -0.39 is 0 Å². The molecule has 0 bridgehead atoms. The fourth-order valence-electron chi connectivity index (χ4n) is 3.70.